The van der Waals surface area contributed by atoms with E-state index in [4.69, 9.17) is 4.42 Å². The molecule has 0 aliphatic rings. The molecule has 0 aliphatic heterocycles. The van der Waals surface area contributed by atoms with E-state index in [1.165, 1.54) is 0 Å². The number of guanidine groups is 1. The first-order chi connectivity index (χ1) is 8.52. The molecule has 5 nitrogen and oxygen atoms in total. The van der Waals surface area contributed by atoms with Gasteiger partial charge in [0.2, 0.25) is 5.89 Å². The highest BCUT2D eigenvalue weighted by Gasteiger charge is 2.06. The van der Waals surface area contributed by atoms with Crippen molar-refractivity contribution in [2.75, 3.05) is 13.6 Å². The van der Waals surface area contributed by atoms with Crippen LogP contribution in [0.4, 0.5) is 0 Å². The molecule has 0 unspecified atom stereocenters. The van der Waals surface area contributed by atoms with Gasteiger partial charge in [0.15, 0.2) is 5.96 Å². The van der Waals surface area contributed by atoms with E-state index in [2.05, 4.69) is 34.5 Å². The van der Waals surface area contributed by atoms with Crippen LogP contribution in [0.3, 0.4) is 0 Å². The number of aliphatic imine (C=N–C) groups is 1. The SMILES string of the molecule is CN=C(NCCC(C)C)NCc1nc(C)c(C)o1.I. The Labute approximate surface area is 132 Å². The molecule has 110 valence electrons. The van der Waals surface area contributed by atoms with Crippen molar-refractivity contribution in [3.8, 4) is 0 Å². The van der Waals surface area contributed by atoms with Gasteiger partial charge in [0.25, 0.3) is 0 Å². The van der Waals surface area contributed by atoms with Crippen molar-refractivity contribution in [2.24, 2.45) is 10.9 Å². The number of halogens is 1. The summed E-state index contributed by atoms with van der Waals surface area (Å²) in [6.07, 6.45) is 1.12. The quantitative estimate of drug-likeness (QED) is 0.468. The lowest BCUT2D eigenvalue weighted by atomic mass is 10.1. The van der Waals surface area contributed by atoms with E-state index in [-0.39, 0.29) is 24.0 Å². The molecule has 1 heterocycles. The molecule has 0 saturated heterocycles. The first kappa shape index (κ1) is 18.2. The molecular formula is C13H25IN4O. The van der Waals surface area contributed by atoms with E-state index in [0.29, 0.717) is 18.4 Å². The largest absolute Gasteiger partial charge is 0.444 e. The van der Waals surface area contributed by atoms with Gasteiger partial charge >= 0.3 is 0 Å². The Morgan fingerprint density at radius 3 is 2.47 bits per heavy atom. The van der Waals surface area contributed by atoms with Crippen LogP contribution in [-0.4, -0.2) is 24.5 Å². The number of rotatable bonds is 5. The summed E-state index contributed by atoms with van der Waals surface area (Å²) in [6.45, 7) is 9.74. The second-order valence-electron chi connectivity index (χ2n) is 4.78. The molecule has 0 saturated carbocycles. The number of hydrogen-bond donors (Lipinski definition) is 2. The van der Waals surface area contributed by atoms with Crippen molar-refractivity contribution >= 4 is 29.9 Å². The number of hydrogen-bond acceptors (Lipinski definition) is 3. The summed E-state index contributed by atoms with van der Waals surface area (Å²) in [5.41, 5.74) is 0.939. The fourth-order valence-electron chi connectivity index (χ4n) is 1.47. The number of oxazole rings is 1. The Kier molecular flexibility index (Phi) is 8.79. The van der Waals surface area contributed by atoms with Crippen molar-refractivity contribution in [3.05, 3.63) is 17.3 Å². The van der Waals surface area contributed by atoms with Crippen LogP contribution >= 0.6 is 24.0 Å². The molecule has 0 aromatic carbocycles. The molecule has 1 aromatic heterocycles. The summed E-state index contributed by atoms with van der Waals surface area (Å²) >= 11 is 0. The van der Waals surface area contributed by atoms with Gasteiger partial charge in [-0.2, -0.15) is 0 Å². The molecule has 0 atom stereocenters. The van der Waals surface area contributed by atoms with Gasteiger partial charge in [-0.3, -0.25) is 4.99 Å². The van der Waals surface area contributed by atoms with Crippen LogP contribution in [0.25, 0.3) is 0 Å². The van der Waals surface area contributed by atoms with Gasteiger partial charge < -0.3 is 15.1 Å². The van der Waals surface area contributed by atoms with Crippen molar-refractivity contribution in [3.63, 3.8) is 0 Å². The van der Waals surface area contributed by atoms with E-state index in [0.717, 1.165) is 30.4 Å². The third kappa shape index (κ3) is 6.79. The average molecular weight is 380 g/mol. The van der Waals surface area contributed by atoms with Crippen LogP contribution in [0, 0.1) is 19.8 Å². The normalized spacial score (nSPS) is 11.4. The highest BCUT2D eigenvalue weighted by atomic mass is 127. The lowest BCUT2D eigenvalue weighted by Gasteiger charge is -2.11. The zero-order valence-electron chi connectivity index (χ0n) is 12.4. The monoisotopic (exact) mass is 380 g/mol. The van der Waals surface area contributed by atoms with Crippen LogP contribution in [0.2, 0.25) is 0 Å². The summed E-state index contributed by atoms with van der Waals surface area (Å²) in [5.74, 6) is 3.03. The third-order valence-electron chi connectivity index (χ3n) is 2.72. The summed E-state index contributed by atoms with van der Waals surface area (Å²) < 4.78 is 5.50. The van der Waals surface area contributed by atoms with Crippen molar-refractivity contribution in [1.29, 1.82) is 0 Å². The van der Waals surface area contributed by atoms with Crippen LogP contribution in [0.5, 0.6) is 0 Å². The Hall–Kier alpha value is -0.790. The maximum Gasteiger partial charge on any atom is 0.214 e. The molecule has 0 radical (unpaired) electrons. The number of nitrogens with one attached hydrogen (secondary N) is 2. The smallest absolute Gasteiger partial charge is 0.214 e. The van der Waals surface area contributed by atoms with E-state index in [1.807, 2.05) is 13.8 Å². The summed E-state index contributed by atoms with van der Waals surface area (Å²) in [6, 6.07) is 0. The van der Waals surface area contributed by atoms with Gasteiger partial charge in [-0.05, 0) is 26.2 Å². The molecule has 6 heteroatoms. The zero-order chi connectivity index (χ0) is 13.5. The second kappa shape index (κ2) is 9.17. The Balaban J connectivity index is 0.00000324. The predicted molar refractivity (Wildman–Crippen MR) is 89.0 cm³/mol. The minimum atomic E-state index is 0. The number of nitrogens with zero attached hydrogens (tertiary/aromatic N) is 2. The average Bonchev–Trinajstić information content (AvgIpc) is 2.63. The summed E-state index contributed by atoms with van der Waals surface area (Å²) in [4.78, 5) is 8.47. The minimum absolute atomic E-state index is 0. The molecule has 0 aliphatic carbocycles. The minimum Gasteiger partial charge on any atom is -0.444 e. The standard InChI is InChI=1S/C13H24N4O.HI/c1-9(2)6-7-15-13(14-5)16-8-12-17-10(3)11(4)18-12;/h9H,6-8H2,1-5H3,(H2,14,15,16);1H. The maximum atomic E-state index is 5.50. The van der Waals surface area contributed by atoms with E-state index < -0.39 is 0 Å². The Morgan fingerprint density at radius 2 is 2.00 bits per heavy atom. The van der Waals surface area contributed by atoms with Crippen LogP contribution in [0.1, 0.15) is 37.6 Å². The van der Waals surface area contributed by atoms with Gasteiger partial charge in [-0.25, -0.2) is 4.98 Å². The predicted octanol–water partition coefficient (Wildman–Crippen LogP) is 2.62. The van der Waals surface area contributed by atoms with E-state index in [1.54, 1.807) is 7.05 Å². The zero-order valence-corrected chi connectivity index (χ0v) is 14.7. The Morgan fingerprint density at radius 1 is 1.32 bits per heavy atom. The van der Waals surface area contributed by atoms with E-state index >= 15 is 0 Å². The highest BCUT2D eigenvalue weighted by molar-refractivity contribution is 14.0. The van der Waals surface area contributed by atoms with Crippen molar-refractivity contribution in [2.45, 2.75) is 40.7 Å². The highest BCUT2D eigenvalue weighted by Crippen LogP contribution is 2.07. The van der Waals surface area contributed by atoms with Crippen LogP contribution < -0.4 is 10.6 Å². The molecule has 0 fully saturated rings. The topological polar surface area (TPSA) is 62.5 Å². The number of aryl methyl sites for hydroxylation is 2. The van der Waals surface area contributed by atoms with Gasteiger partial charge in [0.05, 0.1) is 12.2 Å². The molecule has 19 heavy (non-hydrogen) atoms. The third-order valence-corrected chi connectivity index (χ3v) is 2.72. The van der Waals surface area contributed by atoms with Gasteiger partial charge in [0, 0.05) is 13.6 Å². The lowest BCUT2D eigenvalue weighted by Crippen LogP contribution is -2.37. The maximum absolute atomic E-state index is 5.50. The first-order valence-corrected chi connectivity index (χ1v) is 6.40. The molecule has 0 spiro atoms. The first-order valence-electron chi connectivity index (χ1n) is 6.40. The van der Waals surface area contributed by atoms with Crippen LogP contribution in [-0.2, 0) is 6.54 Å². The lowest BCUT2D eigenvalue weighted by molar-refractivity contribution is 0.463. The van der Waals surface area contributed by atoms with Crippen molar-refractivity contribution in [1.82, 2.24) is 15.6 Å². The molecule has 0 amide bonds. The van der Waals surface area contributed by atoms with Gasteiger partial charge in [0.1, 0.15) is 5.76 Å². The Bertz CT molecular complexity index is 382. The van der Waals surface area contributed by atoms with Crippen molar-refractivity contribution < 1.29 is 4.42 Å². The number of aromatic nitrogens is 1. The summed E-state index contributed by atoms with van der Waals surface area (Å²) in [7, 11) is 1.76. The van der Waals surface area contributed by atoms with Gasteiger partial charge in [-0.15, -0.1) is 24.0 Å². The fourth-order valence-corrected chi connectivity index (χ4v) is 1.47. The molecule has 2 N–H and O–H groups in total. The second-order valence-corrected chi connectivity index (χ2v) is 4.78. The van der Waals surface area contributed by atoms with E-state index in [9.17, 15) is 0 Å². The molecular weight excluding hydrogens is 355 g/mol. The van der Waals surface area contributed by atoms with Crippen LogP contribution in [0.15, 0.2) is 9.41 Å². The molecule has 0 bridgehead atoms. The molecule has 1 rings (SSSR count). The summed E-state index contributed by atoms with van der Waals surface area (Å²) in [5, 5.41) is 6.44. The fraction of sp³-hybridized carbons (Fsp3) is 0.692. The van der Waals surface area contributed by atoms with Gasteiger partial charge in [-0.1, -0.05) is 13.8 Å². The molecule has 1 aromatic rings.